The molecule has 50 valence electrons. The number of nitrogens with zero attached hydrogens (tertiary/aromatic N) is 1. The van der Waals surface area contributed by atoms with Crippen molar-refractivity contribution in [2.45, 2.75) is 21.3 Å². The Morgan fingerprint density at radius 3 is 2.25 bits per heavy atom. The lowest BCUT2D eigenvalue weighted by molar-refractivity contribution is 0.361. The van der Waals surface area contributed by atoms with Crippen molar-refractivity contribution in [3.63, 3.8) is 0 Å². The largest absolute Gasteiger partial charge is 0.482 e. The van der Waals surface area contributed by atoms with Crippen molar-refractivity contribution in [3.8, 4) is 0 Å². The van der Waals surface area contributed by atoms with Gasteiger partial charge in [-0.3, -0.25) is 4.99 Å². The molecular weight excluding hydrogens is 102 g/mol. The van der Waals surface area contributed by atoms with Gasteiger partial charge in [-0.25, -0.2) is 0 Å². The fourth-order valence-corrected chi connectivity index (χ4v) is 0.264. The standard InChI is InChI=1S/C3H5NO.C2H6.CH4/c1-2-5-3-4-1;1-2;/h3H,1-2H2;1-2H3;1H4. The second kappa shape index (κ2) is 9.69. The fourth-order valence-electron chi connectivity index (χ4n) is 0.264. The van der Waals surface area contributed by atoms with Crippen molar-refractivity contribution < 1.29 is 4.74 Å². The minimum Gasteiger partial charge on any atom is -0.482 e. The number of hydrogen-bond acceptors (Lipinski definition) is 2. The van der Waals surface area contributed by atoms with Crippen LogP contribution >= 0.6 is 0 Å². The Bertz CT molecular complexity index is 46.5. The molecule has 1 rings (SSSR count). The highest BCUT2D eigenvalue weighted by Crippen LogP contribution is 1.78. The molecule has 0 aromatic rings. The van der Waals surface area contributed by atoms with Crippen LogP contribution in [0.5, 0.6) is 0 Å². The Morgan fingerprint density at radius 1 is 1.50 bits per heavy atom. The summed E-state index contributed by atoms with van der Waals surface area (Å²) in [6.45, 7) is 5.62. The number of ether oxygens (including phenoxy) is 1. The topological polar surface area (TPSA) is 21.6 Å². The summed E-state index contributed by atoms with van der Waals surface area (Å²) in [5, 5.41) is 0. The highest BCUT2D eigenvalue weighted by molar-refractivity contribution is 5.47. The predicted octanol–water partition coefficient (Wildman–Crippen LogP) is 1.71. The van der Waals surface area contributed by atoms with Crippen LogP contribution in [-0.4, -0.2) is 19.6 Å². The highest BCUT2D eigenvalue weighted by Gasteiger charge is 1.84. The van der Waals surface area contributed by atoms with E-state index in [1.165, 1.54) is 6.40 Å². The maximum Gasteiger partial charge on any atom is 0.169 e. The minimum absolute atomic E-state index is 0. The third-order valence-electron chi connectivity index (χ3n) is 0.487. The number of aliphatic imine (C=N–C) groups is 1. The first-order chi connectivity index (χ1) is 3.50. The first-order valence-corrected chi connectivity index (χ1v) is 2.60. The third kappa shape index (κ3) is 5.47. The van der Waals surface area contributed by atoms with Gasteiger partial charge < -0.3 is 4.74 Å². The minimum atomic E-state index is 0. The summed E-state index contributed by atoms with van der Waals surface area (Å²) in [4.78, 5) is 3.74. The van der Waals surface area contributed by atoms with Gasteiger partial charge in [0, 0.05) is 0 Å². The predicted molar refractivity (Wildman–Crippen MR) is 37.4 cm³/mol. The van der Waals surface area contributed by atoms with Gasteiger partial charge in [-0.2, -0.15) is 0 Å². The molecule has 0 radical (unpaired) electrons. The molecule has 2 heteroatoms. The van der Waals surface area contributed by atoms with Crippen LogP contribution in [0.2, 0.25) is 0 Å². The summed E-state index contributed by atoms with van der Waals surface area (Å²) in [6.07, 6.45) is 1.49. The number of rotatable bonds is 0. The summed E-state index contributed by atoms with van der Waals surface area (Å²) in [6, 6.07) is 0. The molecule has 0 amide bonds. The van der Waals surface area contributed by atoms with Crippen LogP contribution in [0.3, 0.4) is 0 Å². The summed E-state index contributed by atoms with van der Waals surface area (Å²) in [5.41, 5.74) is 0. The van der Waals surface area contributed by atoms with E-state index in [4.69, 9.17) is 0 Å². The molecular formula is C6H15NO. The van der Waals surface area contributed by atoms with Gasteiger partial charge in [-0.05, 0) is 0 Å². The van der Waals surface area contributed by atoms with Crippen LogP contribution in [0.15, 0.2) is 4.99 Å². The quantitative estimate of drug-likeness (QED) is 0.473. The van der Waals surface area contributed by atoms with E-state index in [1.54, 1.807) is 0 Å². The van der Waals surface area contributed by atoms with Crippen LogP contribution in [0.25, 0.3) is 0 Å². The first-order valence-electron chi connectivity index (χ1n) is 2.60. The van der Waals surface area contributed by atoms with Crippen molar-refractivity contribution in [2.75, 3.05) is 13.2 Å². The fraction of sp³-hybridized carbons (Fsp3) is 0.833. The second-order valence-electron chi connectivity index (χ2n) is 0.882. The van der Waals surface area contributed by atoms with E-state index in [-0.39, 0.29) is 7.43 Å². The molecule has 2 nitrogen and oxygen atoms in total. The van der Waals surface area contributed by atoms with E-state index in [0.717, 1.165) is 13.2 Å². The summed E-state index contributed by atoms with van der Waals surface area (Å²) >= 11 is 0. The van der Waals surface area contributed by atoms with Gasteiger partial charge in [0.15, 0.2) is 6.40 Å². The van der Waals surface area contributed by atoms with Crippen molar-refractivity contribution in [1.29, 1.82) is 0 Å². The number of hydrogen-bond donors (Lipinski definition) is 0. The molecule has 1 aliphatic heterocycles. The average Bonchev–Trinajstić information content (AvgIpc) is 2.23. The molecule has 0 N–H and O–H groups in total. The van der Waals surface area contributed by atoms with Crippen molar-refractivity contribution in [3.05, 3.63) is 0 Å². The lowest BCUT2D eigenvalue weighted by atomic mass is 10.8. The van der Waals surface area contributed by atoms with E-state index in [2.05, 4.69) is 9.73 Å². The van der Waals surface area contributed by atoms with Crippen LogP contribution < -0.4 is 0 Å². The normalized spacial score (nSPS) is 12.8. The molecule has 0 saturated heterocycles. The lowest BCUT2D eigenvalue weighted by Gasteiger charge is -1.76. The third-order valence-corrected chi connectivity index (χ3v) is 0.487. The molecule has 0 atom stereocenters. The van der Waals surface area contributed by atoms with Gasteiger partial charge in [0.25, 0.3) is 0 Å². The zero-order valence-electron chi connectivity index (χ0n) is 4.85. The average molecular weight is 117 g/mol. The zero-order valence-corrected chi connectivity index (χ0v) is 4.85. The van der Waals surface area contributed by atoms with Gasteiger partial charge in [-0.1, -0.05) is 21.3 Å². The molecule has 0 spiro atoms. The van der Waals surface area contributed by atoms with E-state index in [1.807, 2.05) is 13.8 Å². The molecule has 0 fully saturated rings. The monoisotopic (exact) mass is 117 g/mol. The van der Waals surface area contributed by atoms with Crippen molar-refractivity contribution in [2.24, 2.45) is 4.99 Å². The highest BCUT2D eigenvalue weighted by atomic mass is 16.5. The maximum absolute atomic E-state index is 4.65. The lowest BCUT2D eigenvalue weighted by Crippen LogP contribution is -1.80. The Balaban J connectivity index is 0. The summed E-state index contributed by atoms with van der Waals surface area (Å²) < 4.78 is 4.65. The molecule has 0 aromatic heterocycles. The zero-order chi connectivity index (χ0) is 5.54. The smallest absolute Gasteiger partial charge is 0.169 e. The summed E-state index contributed by atoms with van der Waals surface area (Å²) in [5.74, 6) is 0. The van der Waals surface area contributed by atoms with E-state index >= 15 is 0 Å². The second-order valence-corrected chi connectivity index (χ2v) is 0.882. The van der Waals surface area contributed by atoms with Crippen LogP contribution in [0, 0.1) is 0 Å². The van der Waals surface area contributed by atoms with Crippen molar-refractivity contribution in [1.82, 2.24) is 0 Å². The maximum atomic E-state index is 4.65. The van der Waals surface area contributed by atoms with Gasteiger partial charge in [-0.15, -0.1) is 0 Å². The van der Waals surface area contributed by atoms with Gasteiger partial charge in [0.2, 0.25) is 0 Å². The van der Waals surface area contributed by atoms with Gasteiger partial charge >= 0.3 is 0 Å². The van der Waals surface area contributed by atoms with E-state index in [0.29, 0.717) is 0 Å². The SMILES string of the molecule is C.C1=NCCO1.CC. The summed E-state index contributed by atoms with van der Waals surface area (Å²) in [7, 11) is 0. The van der Waals surface area contributed by atoms with Crippen LogP contribution in [0.4, 0.5) is 0 Å². The molecule has 0 saturated carbocycles. The van der Waals surface area contributed by atoms with Crippen molar-refractivity contribution >= 4 is 6.40 Å². The first kappa shape index (κ1) is 10.5. The van der Waals surface area contributed by atoms with Gasteiger partial charge in [0.1, 0.15) is 6.61 Å². The van der Waals surface area contributed by atoms with Crippen LogP contribution in [-0.2, 0) is 4.74 Å². The van der Waals surface area contributed by atoms with E-state index in [9.17, 15) is 0 Å². The van der Waals surface area contributed by atoms with Gasteiger partial charge in [0.05, 0.1) is 6.54 Å². The molecule has 0 aromatic carbocycles. The Kier molecular flexibility index (Phi) is 12.7. The molecule has 1 heterocycles. The molecule has 1 aliphatic rings. The molecule has 0 aliphatic carbocycles. The molecule has 8 heavy (non-hydrogen) atoms. The van der Waals surface area contributed by atoms with Crippen LogP contribution in [0.1, 0.15) is 21.3 Å². The van der Waals surface area contributed by atoms with E-state index < -0.39 is 0 Å². The Morgan fingerprint density at radius 2 is 2.12 bits per heavy atom. The Hall–Kier alpha value is -0.530. The molecule has 0 unspecified atom stereocenters. The molecule has 0 bridgehead atoms. The Labute approximate surface area is 51.6 Å².